The number of aromatic nitrogens is 2. The number of hydrogen-bond donors (Lipinski definition) is 1. The molecule has 0 saturated carbocycles. The fourth-order valence-corrected chi connectivity index (χ4v) is 1.29. The standard InChI is InChI=1S/C11H8Cl2N4/c12-8-1-3-10(14-5-8)16-7-17-11-4-2-9(13)6-15-11/h1-7H,(H,14,15,16,17). The smallest absolute Gasteiger partial charge is 0.153 e. The van der Waals surface area contributed by atoms with Gasteiger partial charge < -0.3 is 5.32 Å². The van der Waals surface area contributed by atoms with Crippen LogP contribution in [0, 0.1) is 0 Å². The van der Waals surface area contributed by atoms with Gasteiger partial charge in [-0.1, -0.05) is 23.2 Å². The van der Waals surface area contributed by atoms with Crippen LogP contribution in [-0.4, -0.2) is 16.3 Å². The zero-order chi connectivity index (χ0) is 12.1. The minimum Gasteiger partial charge on any atom is -0.331 e. The Bertz CT molecular complexity index is 508. The molecule has 86 valence electrons. The maximum absolute atomic E-state index is 5.71. The van der Waals surface area contributed by atoms with Gasteiger partial charge in [0.15, 0.2) is 5.82 Å². The van der Waals surface area contributed by atoms with Gasteiger partial charge >= 0.3 is 0 Å². The van der Waals surface area contributed by atoms with E-state index >= 15 is 0 Å². The van der Waals surface area contributed by atoms with Crippen LogP contribution in [0.2, 0.25) is 10.0 Å². The van der Waals surface area contributed by atoms with Gasteiger partial charge in [0.25, 0.3) is 0 Å². The second kappa shape index (κ2) is 5.61. The van der Waals surface area contributed by atoms with Crippen LogP contribution in [0.25, 0.3) is 0 Å². The molecule has 0 aliphatic heterocycles. The van der Waals surface area contributed by atoms with E-state index in [1.54, 1.807) is 30.5 Å². The highest BCUT2D eigenvalue weighted by Crippen LogP contribution is 2.12. The number of nitrogens with one attached hydrogen (secondary N) is 1. The average molecular weight is 267 g/mol. The summed E-state index contributed by atoms with van der Waals surface area (Å²) in [7, 11) is 0. The molecular weight excluding hydrogens is 259 g/mol. The molecule has 0 fully saturated rings. The van der Waals surface area contributed by atoms with Gasteiger partial charge in [-0.25, -0.2) is 15.0 Å². The Hall–Kier alpha value is -1.65. The van der Waals surface area contributed by atoms with Crippen molar-refractivity contribution < 1.29 is 0 Å². The summed E-state index contributed by atoms with van der Waals surface area (Å²) in [6.45, 7) is 0. The highest BCUT2D eigenvalue weighted by Gasteiger charge is 1.92. The summed E-state index contributed by atoms with van der Waals surface area (Å²) >= 11 is 11.4. The maximum atomic E-state index is 5.71. The first kappa shape index (κ1) is 11.8. The SMILES string of the molecule is Clc1ccc(N=CNc2ccc(Cl)cn2)nc1. The molecule has 2 heterocycles. The van der Waals surface area contributed by atoms with Crippen LogP contribution in [-0.2, 0) is 0 Å². The molecule has 0 unspecified atom stereocenters. The molecule has 17 heavy (non-hydrogen) atoms. The topological polar surface area (TPSA) is 50.2 Å². The molecule has 0 spiro atoms. The molecule has 4 nitrogen and oxygen atoms in total. The Kier molecular flexibility index (Phi) is 3.90. The Morgan fingerprint density at radius 3 is 2.29 bits per heavy atom. The van der Waals surface area contributed by atoms with Crippen molar-refractivity contribution in [1.82, 2.24) is 9.97 Å². The van der Waals surface area contributed by atoms with Crippen LogP contribution in [0.3, 0.4) is 0 Å². The van der Waals surface area contributed by atoms with Crippen molar-refractivity contribution in [2.24, 2.45) is 4.99 Å². The number of halogens is 2. The number of anilines is 1. The van der Waals surface area contributed by atoms with Crippen LogP contribution in [0.15, 0.2) is 41.7 Å². The fourth-order valence-electron chi connectivity index (χ4n) is 1.07. The summed E-state index contributed by atoms with van der Waals surface area (Å²) in [4.78, 5) is 12.1. The van der Waals surface area contributed by atoms with Gasteiger partial charge in [-0.2, -0.15) is 0 Å². The van der Waals surface area contributed by atoms with Gasteiger partial charge in [0.2, 0.25) is 0 Å². The summed E-state index contributed by atoms with van der Waals surface area (Å²) in [5.41, 5.74) is 0. The lowest BCUT2D eigenvalue weighted by molar-refractivity contribution is 1.27. The molecule has 0 amide bonds. The summed E-state index contributed by atoms with van der Waals surface area (Å²) in [6, 6.07) is 6.94. The average Bonchev–Trinajstić information content (AvgIpc) is 2.34. The van der Waals surface area contributed by atoms with E-state index in [9.17, 15) is 0 Å². The first-order chi connectivity index (χ1) is 8.24. The monoisotopic (exact) mass is 266 g/mol. The molecule has 0 saturated heterocycles. The van der Waals surface area contributed by atoms with Crippen LogP contribution in [0.4, 0.5) is 11.6 Å². The third-order valence-electron chi connectivity index (χ3n) is 1.85. The van der Waals surface area contributed by atoms with E-state index in [-0.39, 0.29) is 0 Å². The number of rotatable bonds is 3. The molecule has 2 rings (SSSR count). The van der Waals surface area contributed by atoms with Crippen LogP contribution in [0.5, 0.6) is 0 Å². The minimum atomic E-state index is 0.566. The van der Waals surface area contributed by atoms with E-state index in [1.807, 2.05) is 0 Å². The van der Waals surface area contributed by atoms with Crippen molar-refractivity contribution in [3.8, 4) is 0 Å². The highest BCUT2D eigenvalue weighted by atomic mass is 35.5. The van der Waals surface area contributed by atoms with Crippen LogP contribution >= 0.6 is 23.2 Å². The summed E-state index contributed by atoms with van der Waals surface area (Å²) in [5.74, 6) is 1.22. The molecule has 2 aromatic rings. The zero-order valence-electron chi connectivity index (χ0n) is 8.64. The number of hydrogen-bond acceptors (Lipinski definition) is 3. The molecule has 6 heteroatoms. The Balaban J connectivity index is 1.97. The molecule has 0 aromatic carbocycles. The second-order valence-electron chi connectivity index (χ2n) is 3.10. The molecule has 0 bridgehead atoms. The van der Waals surface area contributed by atoms with Gasteiger partial charge in [-0.3, -0.25) is 0 Å². The molecule has 0 atom stereocenters. The first-order valence-corrected chi connectivity index (χ1v) is 5.52. The number of nitrogens with zero attached hydrogens (tertiary/aromatic N) is 3. The quantitative estimate of drug-likeness (QED) is 0.683. The predicted molar refractivity (Wildman–Crippen MR) is 70.3 cm³/mol. The van der Waals surface area contributed by atoms with Crippen molar-refractivity contribution in [2.45, 2.75) is 0 Å². The normalized spacial score (nSPS) is 10.7. The highest BCUT2D eigenvalue weighted by molar-refractivity contribution is 6.30. The van der Waals surface area contributed by atoms with Gasteiger partial charge in [0, 0.05) is 12.4 Å². The molecule has 0 aliphatic carbocycles. The Morgan fingerprint density at radius 1 is 1.00 bits per heavy atom. The Labute approximate surface area is 108 Å². The lowest BCUT2D eigenvalue weighted by atomic mass is 10.4. The van der Waals surface area contributed by atoms with E-state index in [0.29, 0.717) is 21.7 Å². The molecular formula is C11H8Cl2N4. The lowest BCUT2D eigenvalue weighted by Crippen LogP contribution is -1.96. The van der Waals surface area contributed by atoms with Gasteiger partial charge in [0.05, 0.1) is 16.4 Å². The van der Waals surface area contributed by atoms with Crippen molar-refractivity contribution in [3.05, 3.63) is 46.7 Å². The lowest BCUT2D eigenvalue weighted by Gasteiger charge is -1.98. The predicted octanol–water partition coefficient (Wildman–Crippen LogP) is 3.56. The maximum Gasteiger partial charge on any atom is 0.153 e. The fraction of sp³-hybridized carbons (Fsp3) is 0. The summed E-state index contributed by atoms with van der Waals surface area (Å²) < 4.78 is 0. The van der Waals surface area contributed by atoms with Crippen molar-refractivity contribution in [2.75, 3.05) is 5.32 Å². The van der Waals surface area contributed by atoms with Crippen molar-refractivity contribution in [1.29, 1.82) is 0 Å². The van der Waals surface area contributed by atoms with E-state index in [4.69, 9.17) is 23.2 Å². The second-order valence-corrected chi connectivity index (χ2v) is 3.97. The van der Waals surface area contributed by atoms with E-state index in [1.165, 1.54) is 12.5 Å². The number of pyridine rings is 2. The van der Waals surface area contributed by atoms with Crippen LogP contribution < -0.4 is 5.32 Å². The molecule has 0 aliphatic rings. The molecule has 0 radical (unpaired) electrons. The van der Waals surface area contributed by atoms with Crippen molar-refractivity contribution in [3.63, 3.8) is 0 Å². The molecule has 1 N–H and O–H groups in total. The number of aliphatic imine (C=N–C) groups is 1. The third-order valence-corrected chi connectivity index (χ3v) is 2.30. The zero-order valence-corrected chi connectivity index (χ0v) is 10.2. The summed E-state index contributed by atoms with van der Waals surface area (Å²) in [6.07, 6.45) is 4.60. The van der Waals surface area contributed by atoms with E-state index in [0.717, 1.165) is 0 Å². The van der Waals surface area contributed by atoms with E-state index in [2.05, 4.69) is 20.3 Å². The third kappa shape index (κ3) is 3.69. The largest absolute Gasteiger partial charge is 0.331 e. The van der Waals surface area contributed by atoms with Crippen molar-refractivity contribution >= 4 is 41.2 Å². The Morgan fingerprint density at radius 2 is 1.71 bits per heavy atom. The minimum absolute atomic E-state index is 0.566. The van der Waals surface area contributed by atoms with Gasteiger partial charge in [-0.15, -0.1) is 0 Å². The van der Waals surface area contributed by atoms with Gasteiger partial charge in [-0.05, 0) is 24.3 Å². The van der Waals surface area contributed by atoms with Crippen LogP contribution in [0.1, 0.15) is 0 Å². The van der Waals surface area contributed by atoms with E-state index < -0.39 is 0 Å². The summed E-state index contributed by atoms with van der Waals surface area (Å²) in [5, 5.41) is 4.07. The molecule has 2 aromatic heterocycles. The first-order valence-electron chi connectivity index (χ1n) is 4.76. The van der Waals surface area contributed by atoms with Gasteiger partial charge in [0.1, 0.15) is 5.82 Å².